The van der Waals surface area contributed by atoms with Gasteiger partial charge in [0.25, 0.3) is 0 Å². The molecule has 0 fully saturated rings. The molecule has 0 aliphatic heterocycles. The van der Waals surface area contributed by atoms with Gasteiger partial charge in [0, 0.05) is 10.8 Å². The Hall–Kier alpha value is -1.68. The van der Waals surface area contributed by atoms with Gasteiger partial charge in [-0.05, 0) is 35.6 Å². The van der Waals surface area contributed by atoms with Gasteiger partial charge in [0.2, 0.25) is 0 Å². The van der Waals surface area contributed by atoms with Crippen molar-refractivity contribution in [2.45, 2.75) is 18.8 Å². The summed E-state index contributed by atoms with van der Waals surface area (Å²) in [7, 11) is 0. The lowest BCUT2D eigenvalue weighted by Gasteiger charge is -2.13. The van der Waals surface area contributed by atoms with Crippen molar-refractivity contribution in [2.75, 3.05) is 0 Å². The maximum absolute atomic E-state index is 13.1. The van der Waals surface area contributed by atoms with Crippen LogP contribution in [0.25, 0.3) is 0 Å². The molecule has 1 heterocycles. The monoisotopic (exact) mass is 264 g/mol. The van der Waals surface area contributed by atoms with E-state index in [-0.39, 0.29) is 18.2 Å². The van der Waals surface area contributed by atoms with E-state index in [4.69, 9.17) is 5.11 Å². The van der Waals surface area contributed by atoms with Crippen LogP contribution >= 0.6 is 11.3 Å². The second-order valence-electron chi connectivity index (χ2n) is 4.14. The van der Waals surface area contributed by atoms with Gasteiger partial charge in [-0.2, -0.15) is 0 Å². The second-order valence-corrected chi connectivity index (χ2v) is 5.12. The summed E-state index contributed by atoms with van der Waals surface area (Å²) in [5, 5.41) is 10.9. The Kier molecular flexibility index (Phi) is 4.10. The molecule has 4 heteroatoms. The van der Waals surface area contributed by atoms with Gasteiger partial charge in [-0.3, -0.25) is 4.79 Å². The van der Waals surface area contributed by atoms with E-state index < -0.39 is 5.97 Å². The number of rotatable bonds is 5. The zero-order chi connectivity index (χ0) is 13.0. The average molecular weight is 264 g/mol. The number of carboxylic acids is 1. The van der Waals surface area contributed by atoms with Crippen LogP contribution in [0, 0.1) is 5.82 Å². The van der Waals surface area contributed by atoms with E-state index in [0.29, 0.717) is 6.42 Å². The van der Waals surface area contributed by atoms with Gasteiger partial charge in [-0.25, -0.2) is 4.39 Å². The van der Waals surface area contributed by atoms with Crippen LogP contribution in [0.5, 0.6) is 0 Å². The van der Waals surface area contributed by atoms with Crippen molar-refractivity contribution in [1.82, 2.24) is 0 Å². The van der Waals surface area contributed by atoms with E-state index in [9.17, 15) is 9.18 Å². The predicted octanol–water partition coefficient (Wildman–Crippen LogP) is 3.69. The number of halogens is 1. The molecule has 2 nitrogen and oxygen atoms in total. The molecule has 0 bridgehead atoms. The van der Waals surface area contributed by atoms with Gasteiger partial charge in [-0.1, -0.05) is 18.2 Å². The predicted molar refractivity (Wildman–Crippen MR) is 69.4 cm³/mol. The van der Waals surface area contributed by atoms with E-state index in [1.165, 1.54) is 23.5 Å². The number of aliphatic carboxylic acids is 1. The minimum Gasteiger partial charge on any atom is -0.481 e. The third-order valence-corrected chi connectivity index (χ3v) is 3.77. The van der Waals surface area contributed by atoms with Gasteiger partial charge in [0.15, 0.2) is 0 Å². The number of benzene rings is 1. The number of carboxylic acid groups (broad SMARTS) is 1. The molecule has 1 aromatic carbocycles. The van der Waals surface area contributed by atoms with E-state index >= 15 is 0 Å². The van der Waals surface area contributed by atoms with Crippen LogP contribution in [-0.2, 0) is 11.2 Å². The van der Waals surface area contributed by atoms with Crippen LogP contribution in [0.15, 0.2) is 41.8 Å². The molecule has 1 unspecified atom stereocenters. The van der Waals surface area contributed by atoms with Crippen LogP contribution < -0.4 is 0 Å². The molecule has 0 saturated carbocycles. The van der Waals surface area contributed by atoms with Crippen LogP contribution in [0.1, 0.15) is 22.8 Å². The highest BCUT2D eigenvalue weighted by Crippen LogP contribution is 2.28. The lowest BCUT2D eigenvalue weighted by molar-refractivity contribution is -0.137. The number of thiophene rings is 1. The van der Waals surface area contributed by atoms with Gasteiger partial charge >= 0.3 is 5.97 Å². The molecule has 0 aliphatic rings. The summed E-state index contributed by atoms with van der Waals surface area (Å²) in [4.78, 5) is 11.9. The smallest absolute Gasteiger partial charge is 0.304 e. The summed E-state index contributed by atoms with van der Waals surface area (Å²) in [6.45, 7) is 0. The molecule has 2 rings (SSSR count). The summed E-state index contributed by atoms with van der Waals surface area (Å²) in [6.07, 6.45) is 0.613. The van der Waals surface area contributed by atoms with Crippen molar-refractivity contribution in [1.29, 1.82) is 0 Å². The Balaban J connectivity index is 2.17. The molecule has 0 saturated heterocycles. The maximum atomic E-state index is 13.1. The highest BCUT2D eigenvalue weighted by Gasteiger charge is 2.17. The summed E-state index contributed by atoms with van der Waals surface area (Å²) < 4.78 is 13.1. The molecule has 1 atom stereocenters. The Morgan fingerprint density at radius 3 is 2.78 bits per heavy atom. The zero-order valence-corrected chi connectivity index (χ0v) is 10.5. The van der Waals surface area contributed by atoms with Gasteiger partial charge < -0.3 is 5.11 Å². The normalized spacial score (nSPS) is 12.3. The number of carbonyl (C=O) groups is 1. The summed E-state index contributed by atoms with van der Waals surface area (Å²) in [5.74, 6) is -1.21. The topological polar surface area (TPSA) is 37.3 Å². The molecule has 18 heavy (non-hydrogen) atoms. The lowest BCUT2D eigenvalue weighted by Crippen LogP contribution is -2.08. The van der Waals surface area contributed by atoms with E-state index in [0.717, 1.165) is 10.4 Å². The lowest BCUT2D eigenvalue weighted by atomic mass is 9.95. The van der Waals surface area contributed by atoms with E-state index in [1.807, 2.05) is 23.6 Å². The van der Waals surface area contributed by atoms with Crippen molar-refractivity contribution in [2.24, 2.45) is 0 Å². The summed E-state index contributed by atoms with van der Waals surface area (Å²) in [6, 6.07) is 10.2. The van der Waals surface area contributed by atoms with Gasteiger partial charge in [0.05, 0.1) is 6.42 Å². The third-order valence-electron chi connectivity index (χ3n) is 2.74. The molecule has 0 radical (unpaired) electrons. The van der Waals surface area contributed by atoms with Crippen molar-refractivity contribution in [3.8, 4) is 0 Å². The Morgan fingerprint density at radius 2 is 2.17 bits per heavy atom. The molecular weight excluding hydrogens is 251 g/mol. The minimum absolute atomic E-state index is 0.0665. The van der Waals surface area contributed by atoms with E-state index in [1.54, 1.807) is 6.07 Å². The molecule has 94 valence electrons. The first-order chi connectivity index (χ1) is 8.65. The Labute approximate surface area is 109 Å². The Morgan fingerprint density at radius 1 is 1.33 bits per heavy atom. The molecule has 0 amide bonds. The molecule has 2 aromatic rings. The fraction of sp³-hybridized carbons (Fsp3) is 0.214. The van der Waals surface area contributed by atoms with Crippen LogP contribution in [0.3, 0.4) is 0 Å². The molecule has 1 aromatic heterocycles. The second kappa shape index (κ2) is 5.78. The first-order valence-corrected chi connectivity index (χ1v) is 6.53. The fourth-order valence-electron chi connectivity index (χ4n) is 1.96. The highest BCUT2D eigenvalue weighted by molar-refractivity contribution is 7.10. The first-order valence-electron chi connectivity index (χ1n) is 5.65. The SMILES string of the molecule is O=C(O)CC(Cc1cccc(F)c1)c1cccs1. The van der Waals surface area contributed by atoms with Crippen LogP contribution in [0.2, 0.25) is 0 Å². The van der Waals surface area contributed by atoms with Crippen molar-refractivity contribution in [3.05, 3.63) is 58.0 Å². The zero-order valence-electron chi connectivity index (χ0n) is 9.67. The Bertz CT molecular complexity index is 522. The number of hydrogen-bond acceptors (Lipinski definition) is 2. The van der Waals surface area contributed by atoms with Crippen LogP contribution in [-0.4, -0.2) is 11.1 Å². The summed E-state index contributed by atoms with van der Waals surface area (Å²) in [5.41, 5.74) is 0.828. The van der Waals surface area contributed by atoms with Crippen molar-refractivity contribution >= 4 is 17.3 Å². The third kappa shape index (κ3) is 3.40. The van der Waals surface area contributed by atoms with Gasteiger partial charge in [0.1, 0.15) is 5.82 Å². The molecule has 0 spiro atoms. The minimum atomic E-state index is -0.829. The van der Waals surface area contributed by atoms with E-state index in [2.05, 4.69) is 0 Å². The highest BCUT2D eigenvalue weighted by atomic mass is 32.1. The van der Waals surface area contributed by atoms with Crippen molar-refractivity contribution in [3.63, 3.8) is 0 Å². The van der Waals surface area contributed by atoms with Crippen LogP contribution in [0.4, 0.5) is 4.39 Å². The number of hydrogen-bond donors (Lipinski definition) is 1. The molecule has 1 N–H and O–H groups in total. The largest absolute Gasteiger partial charge is 0.481 e. The molecular formula is C14H13FO2S. The quantitative estimate of drug-likeness (QED) is 0.894. The average Bonchev–Trinajstić information content (AvgIpc) is 2.80. The van der Waals surface area contributed by atoms with Gasteiger partial charge in [-0.15, -0.1) is 11.3 Å². The fourth-order valence-corrected chi connectivity index (χ4v) is 2.79. The summed E-state index contributed by atoms with van der Waals surface area (Å²) >= 11 is 1.54. The maximum Gasteiger partial charge on any atom is 0.304 e. The van der Waals surface area contributed by atoms with Crippen molar-refractivity contribution < 1.29 is 14.3 Å². The first kappa shape index (κ1) is 12.8. The molecule has 0 aliphatic carbocycles. The standard InChI is InChI=1S/C14H13FO2S/c15-12-4-1-3-10(8-12)7-11(9-14(16)17)13-5-2-6-18-13/h1-6,8,11H,7,9H2,(H,16,17).